The van der Waals surface area contributed by atoms with Crippen molar-refractivity contribution in [3.05, 3.63) is 70.3 Å². The molecule has 0 spiro atoms. The number of methoxy groups -OCH3 is 1. The summed E-state index contributed by atoms with van der Waals surface area (Å²) in [6, 6.07) is 14.0. The Morgan fingerprint density at radius 2 is 1.96 bits per heavy atom. The van der Waals surface area contributed by atoms with E-state index in [1.807, 2.05) is 32.0 Å². The van der Waals surface area contributed by atoms with Crippen LogP contribution in [0.3, 0.4) is 0 Å². The van der Waals surface area contributed by atoms with Crippen molar-refractivity contribution in [3.63, 3.8) is 0 Å². The zero-order valence-electron chi connectivity index (χ0n) is 16.7. The summed E-state index contributed by atoms with van der Waals surface area (Å²) in [5.41, 5.74) is 1.10. The summed E-state index contributed by atoms with van der Waals surface area (Å²) >= 11 is 0. The molecule has 0 bridgehead atoms. The minimum Gasteiger partial charge on any atom is -0.497 e. The summed E-state index contributed by atoms with van der Waals surface area (Å²) in [5.74, 6) is 1.06. The molecule has 0 saturated heterocycles. The van der Waals surface area contributed by atoms with Gasteiger partial charge in [-0.05, 0) is 43.7 Å². The lowest BCUT2D eigenvalue weighted by Gasteiger charge is -2.27. The largest absolute Gasteiger partial charge is 0.497 e. The Balaban J connectivity index is 2.04. The lowest BCUT2D eigenvalue weighted by molar-refractivity contribution is 0.0732. The number of amides is 1. The van der Waals surface area contributed by atoms with Gasteiger partial charge < -0.3 is 9.64 Å². The van der Waals surface area contributed by atoms with E-state index in [9.17, 15) is 9.59 Å². The van der Waals surface area contributed by atoms with Crippen LogP contribution in [0.1, 0.15) is 42.5 Å². The second-order valence-corrected chi connectivity index (χ2v) is 6.77. The molecule has 1 unspecified atom stereocenters. The Hall–Kier alpha value is -3.15. The van der Waals surface area contributed by atoms with Crippen LogP contribution in [0.5, 0.6) is 5.75 Å². The lowest BCUT2D eigenvalue weighted by atomic mass is 10.1. The van der Waals surface area contributed by atoms with E-state index >= 15 is 0 Å². The maximum atomic E-state index is 13.0. The second-order valence-electron chi connectivity index (χ2n) is 6.77. The molecule has 28 heavy (non-hydrogen) atoms. The number of aromatic nitrogens is 2. The first-order valence-electron chi connectivity index (χ1n) is 9.38. The van der Waals surface area contributed by atoms with Gasteiger partial charge in [0.05, 0.1) is 24.1 Å². The van der Waals surface area contributed by atoms with Crippen LogP contribution in [-0.2, 0) is 6.54 Å². The van der Waals surface area contributed by atoms with Crippen LogP contribution in [0.25, 0.3) is 10.9 Å². The highest BCUT2D eigenvalue weighted by molar-refractivity contribution is 5.94. The number of benzene rings is 2. The second kappa shape index (κ2) is 8.25. The fraction of sp³-hybridized carbons (Fsp3) is 0.318. The smallest absolute Gasteiger partial charge is 0.261 e. The van der Waals surface area contributed by atoms with Gasteiger partial charge in [0.15, 0.2) is 0 Å². The van der Waals surface area contributed by atoms with Crippen LogP contribution in [0.4, 0.5) is 0 Å². The molecule has 6 heteroatoms. The summed E-state index contributed by atoms with van der Waals surface area (Å²) in [7, 11) is 3.29. The molecule has 0 fully saturated rings. The number of hydrogen-bond acceptors (Lipinski definition) is 4. The van der Waals surface area contributed by atoms with E-state index in [-0.39, 0.29) is 17.5 Å². The van der Waals surface area contributed by atoms with E-state index in [4.69, 9.17) is 9.72 Å². The van der Waals surface area contributed by atoms with Gasteiger partial charge in [-0.15, -0.1) is 0 Å². The van der Waals surface area contributed by atoms with Gasteiger partial charge in [0.1, 0.15) is 11.6 Å². The van der Waals surface area contributed by atoms with Gasteiger partial charge in [-0.2, -0.15) is 0 Å². The minimum absolute atomic E-state index is 0.0727. The zero-order valence-corrected chi connectivity index (χ0v) is 16.7. The molecule has 146 valence electrons. The Labute approximate surface area is 164 Å². The molecule has 0 radical (unpaired) electrons. The van der Waals surface area contributed by atoms with Gasteiger partial charge in [-0.25, -0.2) is 4.98 Å². The van der Waals surface area contributed by atoms with Crippen molar-refractivity contribution >= 4 is 16.8 Å². The third kappa shape index (κ3) is 3.63. The lowest BCUT2D eigenvalue weighted by Crippen LogP contribution is -2.35. The molecular weight excluding hydrogens is 354 g/mol. The number of fused-ring (bicyclic) bond motifs is 1. The highest BCUT2D eigenvalue weighted by Gasteiger charge is 2.24. The molecule has 0 aliphatic rings. The predicted octanol–water partition coefficient (Wildman–Crippen LogP) is 3.65. The van der Waals surface area contributed by atoms with Gasteiger partial charge in [-0.3, -0.25) is 14.2 Å². The average Bonchev–Trinajstić information content (AvgIpc) is 2.74. The molecule has 0 aliphatic heterocycles. The maximum Gasteiger partial charge on any atom is 0.261 e. The Morgan fingerprint density at radius 1 is 1.21 bits per heavy atom. The quantitative estimate of drug-likeness (QED) is 0.656. The van der Waals surface area contributed by atoms with E-state index < -0.39 is 0 Å². The highest BCUT2D eigenvalue weighted by Crippen LogP contribution is 2.22. The summed E-state index contributed by atoms with van der Waals surface area (Å²) in [6.45, 7) is 4.46. The molecule has 0 saturated carbocycles. The van der Waals surface area contributed by atoms with Crippen molar-refractivity contribution < 1.29 is 9.53 Å². The van der Waals surface area contributed by atoms with E-state index in [1.54, 1.807) is 54.0 Å². The molecule has 6 nitrogen and oxygen atoms in total. The number of rotatable bonds is 6. The van der Waals surface area contributed by atoms with Gasteiger partial charge in [0.25, 0.3) is 11.5 Å². The molecule has 2 aromatic carbocycles. The predicted molar refractivity (Wildman–Crippen MR) is 110 cm³/mol. The molecule has 1 amide bonds. The third-order valence-corrected chi connectivity index (χ3v) is 4.93. The summed E-state index contributed by atoms with van der Waals surface area (Å²) in [5, 5.41) is 0.591. The molecule has 3 rings (SSSR count). The molecule has 1 atom stereocenters. The fourth-order valence-electron chi connectivity index (χ4n) is 3.25. The number of hydrogen-bond donors (Lipinski definition) is 0. The zero-order chi connectivity index (χ0) is 20.3. The number of carbonyl (C=O) groups excluding carboxylic acids is 1. The SMILES string of the molecule is CCCn1c(C(C)N(C)C(=O)c2cccc(OC)c2)nc2ccccc2c1=O. The van der Waals surface area contributed by atoms with Crippen molar-refractivity contribution in [2.24, 2.45) is 0 Å². The van der Waals surface area contributed by atoms with Crippen molar-refractivity contribution in [2.45, 2.75) is 32.9 Å². The van der Waals surface area contributed by atoms with Crippen LogP contribution < -0.4 is 10.3 Å². The Kier molecular flexibility index (Phi) is 5.78. The van der Waals surface area contributed by atoms with Crippen LogP contribution in [0.15, 0.2) is 53.3 Å². The van der Waals surface area contributed by atoms with E-state index in [0.29, 0.717) is 34.6 Å². The summed E-state index contributed by atoms with van der Waals surface area (Å²) in [6.07, 6.45) is 0.799. The monoisotopic (exact) mass is 379 g/mol. The average molecular weight is 379 g/mol. The number of ether oxygens (including phenoxy) is 1. The molecule has 0 aliphatic carbocycles. The molecule has 3 aromatic rings. The summed E-state index contributed by atoms with van der Waals surface area (Å²) < 4.78 is 6.90. The maximum absolute atomic E-state index is 13.0. The van der Waals surface area contributed by atoms with Crippen LogP contribution in [-0.4, -0.2) is 34.5 Å². The standard InChI is InChI=1S/C22H25N3O3/c1-5-13-25-20(23-19-12-7-6-11-18(19)22(25)27)15(2)24(3)21(26)16-9-8-10-17(14-16)28-4/h6-12,14-15H,5,13H2,1-4H3. The van der Waals surface area contributed by atoms with Crippen LogP contribution >= 0.6 is 0 Å². The van der Waals surface area contributed by atoms with Gasteiger partial charge in [0, 0.05) is 19.2 Å². The highest BCUT2D eigenvalue weighted by atomic mass is 16.5. The topological polar surface area (TPSA) is 64.4 Å². The summed E-state index contributed by atoms with van der Waals surface area (Å²) in [4.78, 5) is 32.3. The Bertz CT molecular complexity index is 1060. The van der Waals surface area contributed by atoms with Crippen LogP contribution in [0, 0.1) is 0 Å². The number of nitrogens with zero attached hydrogens (tertiary/aromatic N) is 3. The number of para-hydroxylation sites is 1. The van der Waals surface area contributed by atoms with E-state index in [0.717, 1.165) is 6.42 Å². The van der Waals surface area contributed by atoms with Gasteiger partial charge in [0.2, 0.25) is 0 Å². The van der Waals surface area contributed by atoms with Crippen molar-refractivity contribution in [2.75, 3.05) is 14.2 Å². The minimum atomic E-state index is -0.373. The van der Waals surface area contributed by atoms with Crippen molar-refractivity contribution in [3.8, 4) is 5.75 Å². The fourth-order valence-corrected chi connectivity index (χ4v) is 3.25. The molecular formula is C22H25N3O3. The normalized spacial score (nSPS) is 12.0. The number of carbonyl (C=O) groups is 1. The van der Waals surface area contributed by atoms with E-state index in [1.165, 1.54) is 0 Å². The van der Waals surface area contributed by atoms with Crippen LogP contribution in [0.2, 0.25) is 0 Å². The van der Waals surface area contributed by atoms with Gasteiger partial charge in [-0.1, -0.05) is 25.1 Å². The van der Waals surface area contributed by atoms with Gasteiger partial charge >= 0.3 is 0 Å². The van der Waals surface area contributed by atoms with Crippen molar-refractivity contribution in [1.82, 2.24) is 14.5 Å². The third-order valence-electron chi connectivity index (χ3n) is 4.93. The van der Waals surface area contributed by atoms with E-state index in [2.05, 4.69) is 0 Å². The Morgan fingerprint density at radius 3 is 2.68 bits per heavy atom. The molecule has 1 heterocycles. The molecule has 1 aromatic heterocycles. The van der Waals surface area contributed by atoms with Crippen molar-refractivity contribution in [1.29, 1.82) is 0 Å². The first-order valence-corrected chi connectivity index (χ1v) is 9.38. The first kappa shape index (κ1) is 19.6. The molecule has 0 N–H and O–H groups in total. The first-order chi connectivity index (χ1) is 13.5.